The van der Waals surface area contributed by atoms with Crippen LogP contribution in [0, 0.1) is 13.5 Å². The Hall–Kier alpha value is -3.82. The molecule has 0 aliphatic heterocycles. The molecule has 0 atom stereocenters. The van der Waals surface area contributed by atoms with Crippen LogP contribution in [-0.2, 0) is 0 Å². The number of pyridine rings is 2. The number of benzene rings is 1. The van der Waals surface area contributed by atoms with Gasteiger partial charge >= 0.3 is 0 Å². The van der Waals surface area contributed by atoms with Gasteiger partial charge in [0.2, 0.25) is 0 Å². The average Bonchev–Trinajstić information content (AvgIpc) is 3.33. The lowest BCUT2D eigenvalue weighted by Crippen LogP contribution is -1.94. The van der Waals surface area contributed by atoms with E-state index >= 15 is 0 Å². The Morgan fingerprint density at radius 3 is 2.79 bits per heavy atom. The molecule has 0 amide bonds. The van der Waals surface area contributed by atoms with Gasteiger partial charge in [-0.2, -0.15) is 0 Å². The molecule has 0 fully saturated rings. The molecule has 29 heavy (non-hydrogen) atoms. The summed E-state index contributed by atoms with van der Waals surface area (Å²) in [5, 5.41) is 1.37. The molecule has 5 rings (SSSR count). The second-order valence-electron chi connectivity index (χ2n) is 6.88. The highest BCUT2D eigenvalue weighted by Crippen LogP contribution is 2.40. The van der Waals surface area contributed by atoms with Crippen LogP contribution in [0.5, 0.6) is 0 Å². The first-order valence-electron chi connectivity index (χ1n) is 8.91. The lowest BCUT2D eigenvalue weighted by atomic mass is 10.0. The van der Waals surface area contributed by atoms with Gasteiger partial charge in [-0.3, -0.25) is 4.98 Å². The number of imidazole rings is 1. The summed E-state index contributed by atoms with van der Waals surface area (Å²) in [6.07, 6.45) is 10.8. The van der Waals surface area contributed by atoms with Crippen molar-refractivity contribution in [2.24, 2.45) is 0 Å². The van der Waals surface area contributed by atoms with Crippen LogP contribution in [0.25, 0.3) is 38.1 Å². The van der Waals surface area contributed by atoms with Crippen LogP contribution < -0.4 is 5.73 Å². The van der Waals surface area contributed by atoms with E-state index in [2.05, 4.69) is 25.4 Å². The first-order chi connectivity index (χ1) is 14.1. The quantitative estimate of drug-likeness (QED) is 0.403. The minimum absolute atomic E-state index is 0.420. The highest BCUT2D eigenvalue weighted by Gasteiger charge is 2.17. The van der Waals surface area contributed by atoms with Crippen molar-refractivity contribution in [2.45, 2.75) is 6.92 Å². The Labute approximate surface area is 171 Å². The lowest BCUT2D eigenvalue weighted by Gasteiger charge is -2.07. The number of anilines is 1. The summed E-state index contributed by atoms with van der Waals surface area (Å²) in [5.41, 5.74) is 12.5. The summed E-state index contributed by atoms with van der Waals surface area (Å²) >= 11 is 6.51. The summed E-state index contributed by atoms with van der Waals surface area (Å²) in [6, 6.07) is 8.02. The van der Waals surface area contributed by atoms with E-state index in [-0.39, 0.29) is 0 Å². The molecule has 0 saturated carbocycles. The number of aryl methyl sites for hydroxylation is 1. The predicted molar refractivity (Wildman–Crippen MR) is 116 cm³/mol. The van der Waals surface area contributed by atoms with E-state index < -0.39 is 0 Å². The number of nitrogens with two attached hydrogens (primary N) is 1. The minimum atomic E-state index is 0.420. The van der Waals surface area contributed by atoms with Crippen LogP contribution in [0.4, 0.5) is 11.4 Å². The van der Waals surface area contributed by atoms with Gasteiger partial charge in [0.05, 0.1) is 47.0 Å². The number of hydrogen-bond donors (Lipinski definition) is 1. The van der Waals surface area contributed by atoms with Gasteiger partial charge in [0.1, 0.15) is 0 Å². The van der Waals surface area contributed by atoms with E-state index in [4.69, 9.17) is 23.9 Å². The van der Waals surface area contributed by atoms with Gasteiger partial charge in [0.15, 0.2) is 5.69 Å². The van der Waals surface area contributed by atoms with Gasteiger partial charge < -0.3 is 14.7 Å². The van der Waals surface area contributed by atoms with E-state index in [1.165, 1.54) is 6.20 Å². The molecule has 5 aromatic rings. The van der Waals surface area contributed by atoms with Crippen molar-refractivity contribution >= 4 is 39.4 Å². The second kappa shape index (κ2) is 6.36. The number of rotatable bonds is 2. The number of hydrogen-bond acceptors (Lipinski definition) is 3. The number of nitrogens with zero attached hydrogens (tertiary/aromatic N) is 5. The van der Waals surface area contributed by atoms with E-state index in [9.17, 15) is 0 Å². The van der Waals surface area contributed by atoms with Crippen LogP contribution in [0.3, 0.4) is 0 Å². The van der Waals surface area contributed by atoms with E-state index in [1.807, 2.05) is 48.1 Å². The normalized spacial score (nSPS) is 11.2. The van der Waals surface area contributed by atoms with Crippen LogP contribution >= 0.6 is 11.6 Å². The van der Waals surface area contributed by atoms with Crippen LogP contribution in [0.1, 0.15) is 5.56 Å². The average molecular weight is 399 g/mol. The van der Waals surface area contributed by atoms with Crippen molar-refractivity contribution in [3.8, 4) is 16.8 Å². The van der Waals surface area contributed by atoms with Gasteiger partial charge in [-0.1, -0.05) is 11.6 Å². The molecule has 7 heteroatoms. The number of nitrogen functional groups attached to an aromatic ring is 1. The fourth-order valence-electron chi connectivity index (χ4n) is 3.62. The van der Waals surface area contributed by atoms with Crippen LogP contribution in [0.15, 0.2) is 61.6 Å². The second-order valence-corrected chi connectivity index (χ2v) is 7.26. The Morgan fingerprint density at radius 2 is 1.97 bits per heavy atom. The van der Waals surface area contributed by atoms with Crippen molar-refractivity contribution in [1.29, 1.82) is 0 Å². The van der Waals surface area contributed by atoms with Gasteiger partial charge in [-0.05, 0) is 42.1 Å². The molecule has 0 spiro atoms. The predicted octanol–water partition coefficient (Wildman–Crippen LogP) is 5.44. The minimum Gasteiger partial charge on any atom is -0.396 e. The molecular formula is C22H15ClN6. The molecule has 0 saturated heterocycles. The third kappa shape index (κ3) is 2.64. The Balaban J connectivity index is 1.86. The molecule has 0 bridgehead atoms. The highest BCUT2D eigenvalue weighted by molar-refractivity contribution is 6.36. The maximum absolute atomic E-state index is 7.50. The molecule has 140 valence electrons. The standard InChI is InChI=1S/C22H15ClN6/c1-13-5-21-16(7-20(13)25-2)18(17-9-26-10-19(24)22(17)23)11-29(21)14-3-4-28-12-27-8-15(28)6-14/h3-12H,24H2,1H3. The van der Waals surface area contributed by atoms with E-state index in [0.29, 0.717) is 16.4 Å². The molecular weight excluding hydrogens is 384 g/mol. The first-order valence-corrected chi connectivity index (χ1v) is 9.29. The monoisotopic (exact) mass is 398 g/mol. The fraction of sp³-hybridized carbons (Fsp3) is 0.0455. The maximum Gasteiger partial charge on any atom is 0.190 e. The molecule has 0 aliphatic carbocycles. The van der Waals surface area contributed by atoms with Crippen molar-refractivity contribution in [1.82, 2.24) is 18.9 Å². The molecule has 4 heterocycles. The van der Waals surface area contributed by atoms with E-state index in [0.717, 1.165) is 38.8 Å². The molecule has 0 radical (unpaired) electrons. The number of aromatic nitrogens is 4. The molecule has 0 aliphatic rings. The number of fused-ring (bicyclic) bond motifs is 2. The third-order valence-electron chi connectivity index (χ3n) is 5.12. The SMILES string of the molecule is [C-]#[N+]c1cc2c(-c3cncc(N)c3Cl)cn(-c3ccn4cncc4c3)c2cc1C. The molecule has 6 nitrogen and oxygen atoms in total. The summed E-state index contributed by atoms with van der Waals surface area (Å²) in [5.74, 6) is 0. The number of halogens is 1. The van der Waals surface area contributed by atoms with Gasteiger partial charge in [-0.25, -0.2) is 9.83 Å². The summed E-state index contributed by atoms with van der Waals surface area (Å²) in [6.45, 7) is 9.45. The highest BCUT2D eigenvalue weighted by atomic mass is 35.5. The summed E-state index contributed by atoms with van der Waals surface area (Å²) in [4.78, 5) is 12.1. The molecule has 2 N–H and O–H groups in total. The topological polar surface area (TPSA) is 65.5 Å². The third-order valence-corrected chi connectivity index (χ3v) is 5.54. The van der Waals surface area contributed by atoms with Crippen molar-refractivity contribution in [2.75, 3.05) is 5.73 Å². The summed E-state index contributed by atoms with van der Waals surface area (Å²) in [7, 11) is 0. The van der Waals surface area contributed by atoms with E-state index in [1.54, 1.807) is 12.5 Å². The first kappa shape index (κ1) is 17.3. The Bertz CT molecular complexity index is 1450. The van der Waals surface area contributed by atoms with Crippen LogP contribution in [-0.4, -0.2) is 18.9 Å². The van der Waals surface area contributed by atoms with Crippen LogP contribution in [0.2, 0.25) is 5.02 Å². The maximum atomic E-state index is 7.50. The van der Waals surface area contributed by atoms with Gasteiger partial charge in [0, 0.05) is 35.4 Å². The largest absolute Gasteiger partial charge is 0.396 e. The van der Waals surface area contributed by atoms with Crippen molar-refractivity contribution in [3.63, 3.8) is 0 Å². The fourth-order valence-corrected chi connectivity index (χ4v) is 3.82. The molecule has 0 unspecified atom stereocenters. The smallest absolute Gasteiger partial charge is 0.190 e. The van der Waals surface area contributed by atoms with Crippen molar-refractivity contribution in [3.05, 3.63) is 83.6 Å². The van der Waals surface area contributed by atoms with Gasteiger partial charge in [-0.15, -0.1) is 0 Å². The lowest BCUT2D eigenvalue weighted by molar-refractivity contribution is 1.09. The molecule has 4 aromatic heterocycles. The Kier molecular flexibility index (Phi) is 3.79. The van der Waals surface area contributed by atoms with Crippen molar-refractivity contribution < 1.29 is 0 Å². The molecule has 1 aromatic carbocycles. The zero-order chi connectivity index (χ0) is 20.1. The Morgan fingerprint density at radius 1 is 1.10 bits per heavy atom. The zero-order valence-corrected chi connectivity index (χ0v) is 16.2. The summed E-state index contributed by atoms with van der Waals surface area (Å²) < 4.78 is 4.05. The van der Waals surface area contributed by atoms with Gasteiger partial charge in [0.25, 0.3) is 0 Å². The zero-order valence-electron chi connectivity index (χ0n) is 15.5.